The van der Waals surface area contributed by atoms with E-state index in [1.807, 2.05) is 37.5 Å². The van der Waals surface area contributed by atoms with Gasteiger partial charge in [-0.05, 0) is 0 Å². The van der Waals surface area contributed by atoms with Crippen LogP contribution in [0.4, 0.5) is 0 Å². The molecule has 0 aliphatic rings. The predicted molar refractivity (Wildman–Crippen MR) is 47.2 cm³/mol. The van der Waals surface area contributed by atoms with E-state index in [0.29, 0.717) is 11.0 Å². The molecule has 0 aromatic heterocycles. The molecule has 0 fully saturated rings. The van der Waals surface area contributed by atoms with Gasteiger partial charge < -0.3 is 0 Å². The predicted octanol–water partition coefficient (Wildman–Crippen LogP) is -0.632. The fourth-order valence-electron chi connectivity index (χ4n) is 0.941. The van der Waals surface area contributed by atoms with Gasteiger partial charge in [-0.3, -0.25) is 0 Å². The number of hydrogen-bond donors (Lipinski definition) is 1. The third-order valence-corrected chi connectivity index (χ3v) is 1.93. The summed E-state index contributed by atoms with van der Waals surface area (Å²) in [6.07, 6.45) is -0.160. The van der Waals surface area contributed by atoms with Crippen LogP contribution in [0.2, 0.25) is 0 Å². The van der Waals surface area contributed by atoms with Crippen molar-refractivity contribution in [2.45, 2.75) is 12.5 Å². The second kappa shape index (κ2) is 4.82. The van der Waals surface area contributed by atoms with Crippen LogP contribution in [0.1, 0.15) is 6.42 Å². The summed E-state index contributed by atoms with van der Waals surface area (Å²) < 4.78 is 5.68. The minimum absolute atomic E-state index is 0.0598. The molecule has 0 unspecified atom stereocenters. The molecule has 0 heterocycles. The Morgan fingerprint density at radius 3 is 2.33 bits per heavy atom. The SMILES string of the molecule is C[N+](C)(C)C[C@@H](CC(=O)O)O[SeH]. The minimum atomic E-state index is -0.820. The van der Waals surface area contributed by atoms with E-state index in [4.69, 9.17) is 8.93 Å². The molecule has 1 N–H and O–H groups in total. The van der Waals surface area contributed by atoms with Gasteiger partial charge in [0.25, 0.3) is 0 Å². The van der Waals surface area contributed by atoms with Crippen LogP contribution in [0.15, 0.2) is 0 Å². The van der Waals surface area contributed by atoms with Gasteiger partial charge in [-0.1, -0.05) is 0 Å². The first-order chi connectivity index (χ1) is 5.35. The Labute approximate surface area is 81.2 Å². The number of aliphatic carboxylic acids is 1. The van der Waals surface area contributed by atoms with Crippen molar-refractivity contribution in [3.8, 4) is 0 Å². The van der Waals surface area contributed by atoms with Gasteiger partial charge in [0.2, 0.25) is 0 Å². The number of rotatable bonds is 5. The molecule has 12 heavy (non-hydrogen) atoms. The van der Waals surface area contributed by atoms with Gasteiger partial charge in [-0.2, -0.15) is 0 Å². The van der Waals surface area contributed by atoms with Crippen molar-refractivity contribution < 1.29 is 18.2 Å². The van der Waals surface area contributed by atoms with Crippen LogP contribution < -0.4 is 0 Å². The summed E-state index contributed by atoms with van der Waals surface area (Å²) in [7, 11) is 6.00. The zero-order valence-electron chi connectivity index (χ0n) is 7.65. The molecule has 0 aromatic carbocycles. The van der Waals surface area contributed by atoms with E-state index in [1.54, 1.807) is 0 Å². The van der Waals surface area contributed by atoms with Crippen molar-refractivity contribution in [2.75, 3.05) is 27.7 Å². The zero-order valence-corrected chi connectivity index (χ0v) is 9.53. The van der Waals surface area contributed by atoms with Crippen LogP contribution in [-0.2, 0) is 8.61 Å². The second-order valence-corrected chi connectivity index (χ2v) is 4.24. The molecule has 0 bridgehead atoms. The van der Waals surface area contributed by atoms with Crippen molar-refractivity contribution in [3.63, 3.8) is 0 Å². The van der Waals surface area contributed by atoms with Crippen molar-refractivity contribution in [1.82, 2.24) is 0 Å². The molecule has 4 nitrogen and oxygen atoms in total. The topological polar surface area (TPSA) is 46.5 Å². The molecule has 0 radical (unpaired) electrons. The summed E-state index contributed by atoms with van der Waals surface area (Å²) in [6.45, 7) is 0.695. The molecule has 0 aliphatic carbocycles. The van der Waals surface area contributed by atoms with E-state index in [9.17, 15) is 4.79 Å². The average Bonchev–Trinajstić information content (AvgIpc) is 1.82. The first-order valence-electron chi connectivity index (χ1n) is 3.67. The summed E-state index contributed by atoms with van der Waals surface area (Å²) in [5, 5.41) is 8.52. The summed E-state index contributed by atoms with van der Waals surface area (Å²) in [6, 6.07) is 0. The van der Waals surface area contributed by atoms with E-state index < -0.39 is 5.97 Å². The number of likely N-dealkylation sites (N-methyl/N-ethyl adjacent to an activating group) is 1. The Balaban J connectivity index is 3.92. The maximum atomic E-state index is 10.4. The fourth-order valence-corrected chi connectivity index (χ4v) is 1.24. The normalized spacial score (nSPS) is 14.3. The van der Waals surface area contributed by atoms with E-state index in [-0.39, 0.29) is 12.5 Å². The van der Waals surface area contributed by atoms with Gasteiger partial charge in [0.05, 0.1) is 0 Å². The van der Waals surface area contributed by atoms with Crippen LogP contribution in [0.5, 0.6) is 0 Å². The van der Waals surface area contributed by atoms with Crippen molar-refractivity contribution >= 4 is 22.3 Å². The van der Waals surface area contributed by atoms with Crippen LogP contribution in [0, 0.1) is 0 Å². The van der Waals surface area contributed by atoms with Crippen LogP contribution in [0.25, 0.3) is 0 Å². The number of hydrogen-bond acceptors (Lipinski definition) is 2. The Morgan fingerprint density at radius 1 is 1.58 bits per heavy atom. The maximum absolute atomic E-state index is 10.4. The molecule has 5 heteroatoms. The first kappa shape index (κ1) is 11.9. The molecule has 0 saturated heterocycles. The molecular weight excluding hydrogens is 225 g/mol. The fraction of sp³-hybridized carbons (Fsp3) is 0.857. The van der Waals surface area contributed by atoms with Crippen molar-refractivity contribution in [3.05, 3.63) is 0 Å². The number of nitrogens with zero attached hydrogens (tertiary/aromatic N) is 1. The van der Waals surface area contributed by atoms with Gasteiger partial charge in [-0.25, -0.2) is 0 Å². The van der Waals surface area contributed by atoms with Crippen LogP contribution in [-0.4, -0.2) is 65.7 Å². The number of carboxylic acid groups (broad SMARTS) is 1. The summed E-state index contributed by atoms with van der Waals surface area (Å²) >= 11 is 1.97. The number of carboxylic acids is 1. The van der Waals surface area contributed by atoms with Crippen LogP contribution >= 0.6 is 0 Å². The standard InChI is InChI=1S/C7H15NO3Se/c1-8(2,3)5-6(11-12)4-7(9)10/h6H,4-5H2,1-3H3,(H-,9,10,12)/p+1/t6-/m1/s1. The third kappa shape index (κ3) is 6.61. The Bertz CT molecular complexity index is 155. The average molecular weight is 241 g/mol. The number of quaternary nitrogens is 1. The van der Waals surface area contributed by atoms with Crippen molar-refractivity contribution in [1.29, 1.82) is 0 Å². The van der Waals surface area contributed by atoms with Crippen LogP contribution in [0.3, 0.4) is 0 Å². The third-order valence-electron chi connectivity index (χ3n) is 1.30. The monoisotopic (exact) mass is 242 g/mol. The van der Waals surface area contributed by atoms with Gasteiger partial charge in [-0.15, -0.1) is 0 Å². The molecule has 0 aliphatic heterocycles. The molecule has 72 valence electrons. The molecule has 0 rings (SSSR count). The summed E-state index contributed by atoms with van der Waals surface area (Å²) in [5.41, 5.74) is 0. The van der Waals surface area contributed by atoms with E-state index in [2.05, 4.69) is 0 Å². The molecule has 0 spiro atoms. The zero-order chi connectivity index (χ0) is 9.78. The molecule has 0 amide bonds. The molecule has 0 aromatic rings. The Hall–Kier alpha value is -0.0905. The summed E-state index contributed by atoms with van der Waals surface area (Å²) in [5.74, 6) is -0.820. The van der Waals surface area contributed by atoms with Gasteiger partial charge in [0.1, 0.15) is 0 Å². The van der Waals surface area contributed by atoms with Gasteiger partial charge in [0.15, 0.2) is 0 Å². The summed E-state index contributed by atoms with van der Waals surface area (Å²) in [4.78, 5) is 10.4. The Kier molecular flexibility index (Phi) is 4.78. The first-order valence-corrected chi connectivity index (χ1v) is 4.44. The van der Waals surface area contributed by atoms with Gasteiger partial charge in [0, 0.05) is 0 Å². The van der Waals surface area contributed by atoms with Gasteiger partial charge >= 0.3 is 80.7 Å². The number of carbonyl (C=O) groups is 1. The second-order valence-electron chi connectivity index (χ2n) is 3.80. The molecule has 1 atom stereocenters. The van der Waals surface area contributed by atoms with E-state index >= 15 is 0 Å². The molecule has 0 saturated carbocycles. The Morgan fingerprint density at radius 2 is 2.08 bits per heavy atom. The van der Waals surface area contributed by atoms with E-state index in [1.165, 1.54) is 0 Å². The van der Waals surface area contributed by atoms with E-state index in [0.717, 1.165) is 0 Å². The molecular formula is C7H16NO3Se+. The van der Waals surface area contributed by atoms with Crippen molar-refractivity contribution in [2.24, 2.45) is 0 Å². The quantitative estimate of drug-likeness (QED) is 0.515.